The van der Waals surface area contributed by atoms with Crippen molar-refractivity contribution in [2.75, 3.05) is 20.6 Å². The third kappa shape index (κ3) is 5.02. The van der Waals surface area contributed by atoms with Gasteiger partial charge in [-0.25, -0.2) is 4.72 Å². The quantitative estimate of drug-likeness (QED) is 0.418. The van der Waals surface area contributed by atoms with Gasteiger partial charge in [-0.15, -0.1) is 0 Å². The Morgan fingerprint density at radius 3 is 2.53 bits per heavy atom. The molecule has 0 fully saturated rings. The van der Waals surface area contributed by atoms with Gasteiger partial charge < -0.3 is 4.57 Å². The summed E-state index contributed by atoms with van der Waals surface area (Å²) in [6.45, 7) is 0.989. The topological polar surface area (TPSA) is 67.2 Å². The maximum atomic E-state index is 12.1. The van der Waals surface area contributed by atoms with Crippen LogP contribution in [0.2, 0.25) is 5.02 Å². The van der Waals surface area contributed by atoms with Crippen LogP contribution in [0.3, 0.4) is 0 Å². The zero-order chi connectivity index (χ0) is 22.7. The van der Waals surface area contributed by atoms with Gasteiger partial charge in [0.15, 0.2) is 0 Å². The number of nitrogens with one attached hydrogen (secondary N) is 1. The number of fused-ring (bicyclic) bond motifs is 1. The Balaban J connectivity index is 1.70. The van der Waals surface area contributed by atoms with Gasteiger partial charge >= 0.3 is 0 Å². The first-order valence-electron chi connectivity index (χ1n) is 10.3. The Kier molecular flexibility index (Phi) is 6.62. The number of rotatable bonds is 8. The molecule has 0 unspecified atom stereocenters. The van der Waals surface area contributed by atoms with E-state index in [4.69, 9.17) is 11.6 Å². The van der Waals surface area contributed by atoms with E-state index in [1.54, 1.807) is 12.4 Å². The normalized spacial score (nSPS) is 12.0. The van der Waals surface area contributed by atoms with E-state index >= 15 is 0 Å². The molecule has 0 bridgehead atoms. The summed E-state index contributed by atoms with van der Waals surface area (Å²) in [6.07, 6.45) is 6.26. The predicted octanol–water partition coefficient (Wildman–Crippen LogP) is 4.34. The number of aromatic nitrogens is 2. The van der Waals surface area contributed by atoms with Crippen LogP contribution in [-0.4, -0.2) is 42.9 Å². The lowest BCUT2D eigenvalue weighted by atomic mass is 10.0. The molecule has 2 heterocycles. The molecule has 2 aromatic heterocycles. The first-order chi connectivity index (χ1) is 15.3. The van der Waals surface area contributed by atoms with E-state index in [-0.39, 0.29) is 0 Å². The SMILES string of the molecule is CN(C)S(=O)(=O)NCCc1cn(Cc2cccc(Cl)c2)c2cc(-c3ccncc3)ccc12. The number of hydrogen-bond donors (Lipinski definition) is 1. The molecule has 166 valence electrons. The fraction of sp³-hybridized carbons (Fsp3) is 0.208. The third-order valence-electron chi connectivity index (χ3n) is 5.38. The van der Waals surface area contributed by atoms with Gasteiger partial charge in [-0.05, 0) is 59.0 Å². The van der Waals surface area contributed by atoms with Gasteiger partial charge in [0.2, 0.25) is 0 Å². The number of nitrogens with zero attached hydrogens (tertiary/aromatic N) is 3. The second kappa shape index (κ2) is 9.42. The molecule has 0 spiro atoms. The van der Waals surface area contributed by atoms with Crippen LogP contribution in [-0.2, 0) is 23.2 Å². The fourth-order valence-corrected chi connectivity index (χ4v) is 4.53. The van der Waals surface area contributed by atoms with Gasteiger partial charge in [-0.3, -0.25) is 4.98 Å². The lowest BCUT2D eigenvalue weighted by Crippen LogP contribution is -2.36. The maximum absolute atomic E-state index is 12.1. The van der Waals surface area contributed by atoms with Crippen LogP contribution < -0.4 is 4.72 Å². The average Bonchev–Trinajstić information content (AvgIpc) is 3.11. The Labute approximate surface area is 193 Å². The molecular weight excluding hydrogens is 444 g/mol. The molecule has 0 aliphatic carbocycles. The van der Waals surface area contributed by atoms with Crippen molar-refractivity contribution in [1.29, 1.82) is 0 Å². The molecule has 0 amide bonds. The standard InChI is InChI=1S/C24H25ClN4O2S/c1-28(2)32(30,31)27-13-10-21-17-29(16-18-4-3-5-22(25)14-18)24-15-20(6-7-23(21)24)19-8-11-26-12-9-19/h3-9,11-12,14-15,17,27H,10,13,16H2,1-2H3. The average molecular weight is 469 g/mol. The molecule has 0 saturated heterocycles. The smallest absolute Gasteiger partial charge is 0.278 e. The van der Waals surface area contributed by atoms with Crippen molar-refractivity contribution in [2.24, 2.45) is 0 Å². The van der Waals surface area contributed by atoms with Crippen molar-refractivity contribution in [2.45, 2.75) is 13.0 Å². The van der Waals surface area contributed by atoms with Crippen LogP contribution in [0.25, 0.3) is 22.0 Å². The zero-order valence-electron chi connectivity index (χ0n) is 18.0. The second-order valence-corrected chi connectivity index (χ2v) is 10.2. The lowest BCUT2D eigenvalue weighted by Gasteiger charge is -2.11. The number of benzene rings is 2. The van der Waals surface area contributed by atoms with Crippen LogP contribution in [0.4, 0.5) is 0 Å². The maximum Gasteiger partial charge on any atom is 0.278 e. The van der Waals surface area contributed by atoms with Gasteiger partial charge in [0.1, 0.15) is 0 Å². The summed E-state index contributed by atoms with van der Waals surface area (Å²) >= 11 is 6.19. The summed E-state index contributed by atoms with van der Waals surface area (Å²) in [5.41, 5.74) is 5.47. The van der Waals surface area contributed by atoms with Gasteiger partial charge in [-0.2, -0.15) is 12.7 Å². The molecule has 2 aromatic carbocycles. The minimum atomic E-state index is -3.45. The lowest BCUT2D eigenvalue weighted by molar-refractivity contribution is 0.506. The van der Waals surface area contributed by atoms with Crippen molar-refractivity contribution in [1.82, 2.24) is 18.6 Å². The van der Waals surface area contributed by atoms with E-state index < -0.39 is 10.2 Å². The van der Waals surface area contributed by atoms with Gasteiger partial charge in [0, 0.05) is 61.7 Å². The Morgan fingerprint density at radius 2 is 1.81 bits per heavy atom. The largest absolute Gasteiger partial charge is 0.343 e. The van der Waals surface area contributed by atoms with Gasteiger partial charge in [0.05, 0.1) is 0 Å². The molecule has 0 aliphatic heterocycles. The summed E-state index contributed by atoms with van der Waals surface area (Å²) in [7, 11) is -0.427. The molecule has 0 radical (unpaired) electrons. The fourth-order valence-electron chi connectivity index (χ4n) is 3.70. The molecule has 4 rings (SSSR count). The van der Waals surface area contributed by atoms with E-state index in [1.807, 2.05) is 30.3 Å². The molecule has 0 aliphatic rings. The van der Waals surface area contributed by atoms with E-state index in [9.17, 15) is 8.42 Å². The summed E-state index contributed by atoms with van der Waals surface area (Å²) in [6, 6.07) is 18.2. The van der Waals surface area contributed by atoms with Crippen LogP contribution in [0.1, 0.15) is 11.1 Å². The molecule has 8 heteroatoms. The van der Waals surface area contributed by atoms with E-state index in [1.165, 1.54) is 18.4 Å². The Morgan fingerprint density at radius 1 is 1.03 bits per heavy atom. The van der Waals surface area contributed by atoms with E-state index in [2.05, 4.69) is 44.7 Å². The third-order valence-corrected chi connectivity index (χ3v) is 7.15. The predicted molar refractivity (Wildman–Crippen MR) is 130 cm³/mol. The van der Waals surface area contributed by atoms with Gasteiger partial charge in [0.25, 0.3) is 10.2 Å². The molecule has 32 heavy (non-hydrogen) atoms. The first-order valence-corrected chi connectivity index (χ1v) is 12.1. The van der Waals surface area contributed by atoms with E-state index in [0.29, 0.717) is 24.5 Å². The number of pyridine rings is 1. The highest BCUT2D eigenvalue weighted by molar-refractivity contribution is 7.87. The summed E-state index contributed by atoms with van der Waals surface area (Å²) in [4.78, 5) is 4.11. The minimum Gasteiger partial charge on any atom is -0.343 e. The summed E-state index contributed by atoms with van der Waals surface area (Å²) in [5.74, 6) is 0. The monoisotopic (exact) mass is 468 g/mol. The van der Waals surface area contributed by atoms with Crippen molar-refractivity contribution >= 4 is 32.7 Å². The van der Waals surface area contributed by atoms with Crippen molar-refractivity contribution in [3.8, 4) is 11.1 Å². The Hall–Kier alpha value is -2.71. The highest BCUT2D eigenvalue weighted by Gasteiger charge is 2.14. The molecular formula is C24H25ClN4O2S. The van der Waals surface area contributed by atoms with Crippen LogP contribution in [0.15, 0.2) is 73.2 Å². The van der Waals surface area contributed by atoms with Crippen molar-refractivity contribution in [3.63, 3.8) is 0 Å². The van der Waals surface area contributed by atoms with E-state index in [0.717, 1.165) is 33.2 Å². The Bertz CT molecular complexity index is 1330. The summed E-state index contributed by atoms with van der Waals surface area (Å²) < 4.78 is 30.1. The van der Waals surface area contributed by atoms with Crippen LogP contribution in [0.5, 0.6) is 0 Å². The minimum absolute atomic E-state index is 0.322. The zero-order valence-corrected chi connectivity index (χ0v) is 19.6. The molecule has 6 nitrogen and oxygen atoms in total. The molecule has 0 saturated carbocycles. The molecule has 0 atom stereocenters. The first kappa shape index (κ1) is 22.5. The highest BCUT2D eigenvalue weighted by atomic mass is 35.5. The van der Waals surface area contributed by atoms with Crippen LogP contribution in [0, 0.1) is 0 Å². The molecule has 4 aromatic rings. The second-order valence-electron chi connectivity index (χ2n) is 7.81. The van der Waals surface area contributed by atoms with Crippen molar-refractivity contribution < 1.29 is 8.42 Å². The molecule has 1 N–H and O–H groups in total. The summed E-state index contributed by atoms with van der Waals surface area (Å²) in [5, 5.41) is 1.81. The van der Waals surface area contributed by atoms with Crippen molar-refractivity contribution in [3.05, 3.63) is 89.3 Å². The highest BCUT2D eigenvalue weighted by Crippen LogP contribution is 2.29. The van der Waals surface area contributed by atoms with Gasteiger partial charge in [-0.1, -0.05) is 35.9 Å². The van der Waals surface area contributed by atoms with Crippen LogP contribution >= 0.6 is 11.6 Å². The number of halogens is 1. The number of hydrogen-bond acceptors (Lipinski definition) is 3.